The molecule has 0 saturated carbocycles. The van der Waals surface area contributed by atoms with Gasteiger partial charge in [0.15, 0.2) is 0 Å². The molecular weight excluding hydrogens is 412 g/mol. The van der Waals surface area contributed by atoms with Crippen molar-refractivity contribution in [1.82, 2.24) is 4.98 Å². The molecule has 1 nitrogen and oxygen atoms in total. The minimum Gasteiger partial charge on any atom is -0.250 e. The fraction of sp³-hybridized carbons (Fsp3) is 0.154. The van der Waals surface area contributed by atoms with Crippen molar-refractivity contribution >= 4 is 18.7 Å². The molecule has 0 bridgehead atoms. The van der Waals surface area contributed by atoms with Crippen LogP contribution in [-0.2, 0) is 26.8 Å². The van der Waals surface area contributed by atoms with Crippen LogP contribution in [0.2, 0.25) is 0 Å². The largest absolute Gasteiger partial charge is 0.250 e. The third-order valence-corrected chi connectivity index (χ3v) is 4.26. The van der Waals surface area contributed by atoms with Gasteiger partial charge in [-0.15, -0.1) is 5.30 Å². The number of benzene rings is 1. The molecule has 17 heavy (non-hydrogen) atoms. The molecule has 2 aromatic rings. The summed E-state index contributed by atoms with van der Waals surface area (Å²) in [6.07, 6.45) is 0. The number of hydrogen-bond donors (Lipinski definition) is 0. The van der Waals surface area contributed by atoms with Gasteiger partial charge in [0.2, 0.25) is 0 Å². The predicted octanol–water partition coefficient (Wildman–Crippen LogP) is 2.41. The van der Waals surface area contributed by atoms with E-state index in [2.05, 4.69) is 17.7 Å². The van der Waals surface area contributed by atoms with E-state index >= 15 is 0 Å². The van der Waals surface area contributed by atoms with Crippen LogP contribution in [0.25, 0.3) is 0 Å². The van der Waals surface area contributed by atoms with Crippen LogP contribution in [0.4, 0.5) is 4.39 Å². The molecule has 2 rings (SSSR count). The second kappa shape index (κ2) is 6.96. The van der Waals surface area contributed by atoms with Gasteiger partial charge in [0.25, 0.3) is 0 Å². The Morgan fingerprint density at radius 3 is 2.71 bits per heavy atom. The first kappa shape index (κ1) is 14.4. The normalized spacial score (nSPS) is 11.6. The van der Waals surface area contributed by atoms with Gasteiger partial charge in [0.1, 0.15) is 6.67 Å². The van der Waals surface area contributed by atoms with Gasteiger partial charge in [-0.05, 0) is 18.8 Å². The van der Waals surface area contributed by atoms with Crippen LogP contribution in [0, 0.1) is 6.07 Å². The van der Waals surface area contributed by atoms with Crippen molar-refractivity contribution in [1.29, 1.82) is 0 Å². The number of nitrogens with zero attached hydrogens (tertiary/aromatic N) is 1. The zero-order valence-electron chi connectivity index (χ0n) is 9.35. The summed E-state index contributed by atoms with van der Waals surface area (Å²) in [5.74, 6) is 0. The molecule has 0 fully saturated rings. The maximum Gasteiger partial charge on any atom is 0.131 e. The summed E-state index contributed by atoms with van der Waals surface area (Å²) in [4.78, 5) is 4.30. The summed E-state index contributed by atoms with van der Waals surface area (Å²) in [6, 6.07) is 16.6. The summed E-state index contributed by atoms with van der Waals surface area (Å²) < 4.78 is 12.5. The number of pyridine rings is 1. The first-order valence-electron chi connectivity index (χ1n) is 5.03. The van der Waals surface area contributed by atoms with Crippen LogP contribution >= 0.6 is 7.92 Å². The average Bonchev–Trinajstić information content (AvgIpc) is 2.39. The van der Waals surface area contributed by atoms with E-state index in [1.54, 1.807) is 6.07 Å². The third-order valence-electron chi connectivity index (χ3n) is 2.33. The summed E-state index contributed by atoms with van der Waals surface area (Å²) in [7, 11) is -0.526. The molecule has 0 saturated heterocycles. The average molecular weight is 424 g/mol. The maximum absolute atomic E-state index is 12.5. The fourth-order valence-corrected chi connectivity index (χ4v) is 2.86. The van der Waals surface area contributed by atoms with Crippen LogP contribution in [0.15, 0.2) is 42.5 Å². The standard InChI is InChI=1S/C13H12FNP.Ir/c1-16(12-7-3-2-4-8-12)13-9-5-6-11(10-14)15-13;/h2-7,9H,10H2,1H3;/q-1;. The molecule has 1 aromatic heterocycles. The minimum atomic E-state index is -0.526. The Labute approximate surface area is 116 Å². The van der Waals surface area contributed by atoms with Gasteiger partial charge < -0.3 is 0 Å². The third kappa shape index (κ3) is 3.67. The summed E-state index contributed by atoms with van der Waals surface area (Å²) in [5.41, 5.74) is 1.45. The molecule has 0 amide bonds. The molecule has 4 heteroatoms. The Kier molecular flexibility index (Phi) is 5.91. The van der Waals surface area contributed by atoms with E-state index in [0.717, 1.165) is 10.7 Å². The smallest absolute Gasteiger partial charge is 0.131 e. The SMILES string of the molecule is CP(c1[c-]cccc1)c1cccc(CF)n1.[Ir]. The van der Waals surface area contributed by atoms with Crippen LogP contribution in [0.1, 0.15) is 5.69 Å². The van der Waals surface area contributed by atoms with E-state index in [1.165, 1.54) is 0 Å². The summed E-state index contributed by atoms with van der Waals surface area (Å²) in [5, 5.41) is 1.14. The molecule has 1 heterocycles. The van der Waals surface area contributed by atoms with Gasteiger partial charge >= 0.3 is 0 Å². The molecule has 1 aromatic carbocycles. The molecule has 1 radical (unpaired) electrons. The molecular formula is C13H12FIrNP-. The quantitative estimate of drug-likeness (QED) is 0.545. The monoisotopic (exact) mass is 425 g/mol. The molecule has 0 N–H and O–H groups in total. The zero-order chi connectivity index (χ0) is 11.4. The van der Waals surface area contributed by atoms with Gasteiger partial charge in [0.05, 0.1) is 11.1 Å². The summed E-state index contributed by atoms with van der Waals surface area (Å²) >= 11 is 0. The predicted molar refractivity (Wildman–Crippen MR) is 66.4 cm³/mol. The van der Waals surface area contributed by atoms with E-state index in [4.69, 9.17) is 0 Å². The van der Waals surface area contributed by atoms with Crippen LogP contribution in [-0.4, -0.2) is 11.6 Å². The molecule has 0 aliphatic heterocycles. The molecule has 0 aliphatic carbocycles. The van der Waals surface area contributed by atoms with Crippen LogP contribution < -0.4 is 10.7 Å². The van der Waals surface area contributed by atoms with Crippen molar-refractivity contribution in [3.63, 3.8) is 0 Å². The van der Waals surface area contributed by atoms with Crippen LogP contribution in [0.3, 0.4) is 0 Å². The van der Waals surface area contributed by atoms with Crippen molar-refractivity contribution in [3.8, 4) is 0 Å². The maximum atomic E-state index is 12.5. The Morgan fingerprint density at radius 2 is 2.06 bits per heavy atom. The Hall–Kier alpha value is -0.621. The number of alkyl halides is 1. The summed E-state index contributed by atoms with van der Waals surface area (Å²) in [6.45, 7) is 1.61. The molecule has 0 aliphatic rings. The second-order valence-corrected chi connectivity index (χ2v) is 5.49. The Balaban J connectivity index is 0.00000144. The minimum absolute atomic E-state index is 0. The second-order valence-electron chi connectivity index (χ2n) is 3.43. The van der Waals surface area contributed by atoms with Crippen molar-refractivity contribution in [2.45, 2.75) is 6.67 Å². The Morgan fingerprint density at radius 1 is 1.24 bits per heavy atom. The van der Waals surface area contributed by atoms with Gasteiger partial charge in [-0.1, -0.05) is 14.0 Å². The first-order valence-corrected chi connectivity index (χ1v) is 6.82. The van der Waals surface area contributed by atoms with E-state index < -0.39 is 14.6 Å². The van der Waals surface area contributed by atoms with Crippen LogP contribution in [0.5, 0.6) is 0 Å². The number of rotatable bonds is 3. The number of hydrogen-bond acceptors (Lipinski definition) is 1. The number of halogens is 1. The van der Waals surface area contributed by atoms with Gasteiger partial charge in [-0.25, -0.2) is 4.39 Å². The Bertz CT molecular complexity index is 464. The van der Waals surface area contributed by atoms with Crippen molar-refractivity contribution in [2.24, 2.45) is 0 Å². The van der Waals surface area contributed by atoms with Gasteiger partial charge in [0, 0.05) is 20.1 Å². The topological polar surface area (TPSA) is 12.9 Å². The number of aromatic nitrogens is 1. The van der Waals surface area contributed by atoms with Crippen molar-refractivity contribution < 1.29 is 24.5 Å². The molecule has 1 atom stereocenters. The van der Waals surface area contributed by atoms with Crippen molar-refractivity contribution in [3.05, 3.63) is 54.2 Å². The van der Waals surface area contributed by atoms with E-state index in [9.17, 15) is 4.39 Å². The molecule has 1 unspecified atom stereocenters. The fourth-order valence-electron chi connectivity index (χ4n) is 1.44. The van der Waals surface area contributed by atoms with Gasteiger partial charge in [-0.3, -0.25) is 4.98 Å². The van der Waals surface area contributed by atoms with Crippen molar-refractivity contribution in [2.75, 3.05) is 6.66 Å². The van der Waals surface area contributed by atoms with E-state index in [-0.39, 0.29) is 20.1 Å². The van der Waals surface area contributed by atoms with E-state index in [1.807, 2.05) is 36.4 Å². The van der Waals surface area contributed by atoms with E-state index in [0.29, 0.717) is 5.69 Å². The molecule has 91 valence electrons. The first-order chi connectivity index (χ1) is 7.81. The van der Waals surface area contributed by atoms with Gasteiger partial charge in [-0.2, -0.15) is 30.3 Å². The molecule has 0 spiro atoms. The zero-order valence-corrected chi connectivity index (χ0v) is 12.6.